The molecule has 5 rings (SSSR count). The molecule has 4 aromatic rings. The summed E-state index contributed by atoms with van der Waals surface area (Å²) < 4.78 is 6.95. The summed E-state index contributed by atoms with van der Waals surface area (Å²) >= 11 is 10.7. The minimum Gasteiger partial charge on any atom is -0.507 e. The molecule has 3 aromatic carbocycles. The number of methoxy groups -OCH3 is 1. The average molecular weight is 556 g/mol. The number of hydrogen-bond donors (Lipinski definition) is 1. The maximum absolute atomic E-state index is 13.3. The second-order valence-electron chi connectivity index (χ2n) is 7.56. The number of amides is 1. The highest BCUT2D eigenvalue weighted by molar-refractivity contribution is 9.10. The van der Waals surface area contributed by atoms with Crippen LogP contribution in [0, 0.1) is 0 Å². The number of nitrogens with zero attached hydrogens (tertiary/aromatic N) is 2. The van der Waals surface area contributed by atoms with Gasteiger partial charge in [-0.25, -0.2) is 4.98 Å². The van der Waals surface area contributed by atoms with Crippen LogP contribution in [-0.4, -0.2) is 28.9 Å². The Labute approximate surface area is 212 Å². The van der Waals surface area contributed by atoms with Gasteiger partial charge in [-0.2, -0.15) is 0 Å². The first-order valence-electron chi connectivity index (χ1n) is 10.1. The molecule has 1 atom stereocenters. The molecule has 1 saturated heterocycles. The van der Waals surface area contributed by atoms with Crippen LogP contribution in [-0.2, 0) is 9.59 Å². The third-order valence-electron chi connectivity index (χ3n) is 5.54. The Kier molecular flexibility index (Phi) is 5.89. The summed E-state index contributed by atoms with van der Waals surface area (Å²) in [5.41, 5.74) is 1.72. The zero-order chi connectivity index (χ0) is 24.0. The van der Waals surface area contributed by atoms with Crippen molar-refractivity contribution in [2.45, 2.75) is 6.04 Å². The van der Waals surface area contributed by atoms with Crippen molar-refractivity contribution >= 4 is 71.7 Å². The monoisotopic (exact) mass is 554 g/mol. The maximum atomic E-state index is 13.3. The predicted octanol–water partition coefficient (Wildman–Crippen LogP) is 6.35. The van der Waals surface area contributed by atoms with Crippen molar-refractivity contribution in [3.8, 4) is 5.75 Å². The third-order valence-corrected chi connectivity index (χ3v) is 7.34. The summed E-state index contributed by atoms with van der Waals surface area (Å²) in [7, 11) is 1.58. The van der Waals surface area contributed by atoms with Crippen LogP contribution in [0.5, 0.6) is 5.75 Å². The SMILES string of the molecule is COc1ccc2nc(N3C(=O)C(=O)C(=C(O)c4ccc(Cl)cc4)C3c3ccc(Br)cc3)sc2c1. The van der Waals surface area contributed by atoms with Crippen LogP contribution >= 0.6 is 38.9 Å². The Hall–Kier alpha value is -3.20. The van der Waals surface area contributed by atoms with Gasteiger partial charge in [-0.05, 0) is 60.2 Å². The molecule has 0 aliphatic carbocycles. The minimum atomic E-state index is -0.855. The highest BCUT2D eigenvalue weighted by Gasteiger charge is 2.48. The lowest BCUT2D eigenvalue weighted by molar-refractivity contribution is -0.132. The highest BCUT2D eigenvalue weighted by atomic mass is 79.9. The van der Waals surface area contributed by atoms with Crippen molar-refractivity contribution in [2.24, 2.45) is 0 Å². The molecule has 0 radical (unpaired) electrons. The quantitative estimate of drug-likeness (QED) is 0.180. The first kappa shape index (κ1) is 22.6. The van der Waals surface area contributed by atoms with E-state index in [4.69, 9.17) is 16.3 Å². The molecule has 1 unspecified atom stereocenters. The van der Waals surface area contributed by atoms with Gasteiger partial charge >= 0.3 is 5.91 Å². The van der Waals surface area contributed by atoms with Gasteiger partial charge in [0.05, 0.1) is 28.9 Å². The van der Waals surface area contributed by atoms with E-state index in [9.17, 15) is 14.7 Å². The number of carbonyl (C=O) groups excluding carboxylic acids is 2. The summed E-state index contributed by atoms with van der Waals surface area (Å²) in [6.07, 6.45) is 0. The first-order valence-corrected chi connectivity index (χ1v) is 12.1. The molecule has 1 fully saturated rings. The molecule has 1 aliphatic rings. The van der Waals surface area contributed by atoms with Gasteiger partial charge in [-0.3, -0.25) is 14.5 Å². The lowest BCUT2D eigenvalue weighted by Gasteiger charge is -2.23. The van der Waals surface area contributed by atoms with Crippen molar-refractivity contribution < 1.29 is 19.4 Å². The number of benzene rings is 3. The normalized spacial score (nSPS) is 17.5. The fourth-order valence-corrected chi connectivity index (χ4v) is 5.29. The Morgan fingerprint density at radius 2 is 1.79 bits per heavy atom. The fourth-order valence-electron chi connectivity index (χ4n) is 3.88. The number of rotatable bonds is 4. The zero-order valence-electron chi connectivity index (χ0n) is 17.7. The number of ether oxygens (including phenoxy) is 1. The van der Waals surface area contributed by atoms with Crippen molar-refractivity contribution in [3.63, 3.8) is 0 Å². The number of aromatic nitrogens is 1. The van der Waals surface area contributed by atoms with Crippen LogP contribution < -0.4 is 9.64 Å². The van der Waals surface area contributed by atoms with E-state index >= 15 is 0 Å². The topological polar surface area (TPSA) is 79.7 Å². The van der Waals surface area contributed by atoms with E-state index in [1.54, 1.807) is 55.6 Å². The van der Waals surface area contributed by atoms with E-state index in [1.165, 1.54) is 16.2 Å². The summed E-state index contributed by atoms with van der Waals surface area (Å²) in [6.45, 7) is 0. The molecule has 1 aliphatic heterocycles. The number of anilines is 1. The number of ketones is 1. The smallest absolute Gasteiger partial charge is 0.301 e. The van der Waals surface area contributed by atoms with Crippen LogP contribution in [0.1, 0.15) is 17.2 Å². The summed E-state index contributed by atoms with van der Waals surface area (Å²) in [5, 5.41) is 12.0. The lowest BCUT2D eigenvalue weighted by atomic mass is 9.95. The first-order chi connectivity index (χ1) is 16.4. The second-order valence-corrected chi connectivity index (χ2v) is 9.92. The molecule has 1 amide bonds. The Morgan fingerprint density at radius 3 is 2.47 bits per heavy atom. The standard InChI is InChI=1S/C25H16BrClN2O4S/c1-33-17-10-11-18-19(12-17)34-25(28-18)29-21(13-2-6-15(26)7-3-13)20(23(31)24(29)32)22(30)14-4-8-16(27)9-5-14/h2-12,21,30H,1H3. The van der Waals surface area contributed by atoms with Gasteiger partial charge < -0.3 is 9.84 Å². The molecule has 2 heterocycles. The highest BCUT2D eigenvalue weighted by Crippen LogP contribution is 2.44. The van der Waals surface area contributed by atoms with Crippen molar-refractivity contribution in [3.05, 3.63) is 92.9 Å². The average Bonchev–Trinajstić information content (AvgIpc) is 3.37. The van der Waals surface area contributed by atoms with Gasteiger partial charge in [0.1, 0.15) is 11.5 Å². The van der Waals surface area contributed by atoms with E-state index in [0.717, 1.165) is 9.17 Å². The number of Topliss-reactive ketones (excluding diaryl/α,β-unsaturated/α-hetero) is 1. The molecule has 170 valence electrons. The summed E-state index contributed by atoms with van der Waals surface area (Å²) in [6, 6.07) is 18.2. The number of halogens is 2. The number of aliphatic hydroxyl groups excluding tert-OH is 1. The molecule has 0 saturated carbocycles. The number of thiazole rings is 1. The van der Waals surface area contributed by atoms with Crippen LogP contribution in [0.3, 0.4) is 0 Å². The number of fused-ring (bicyclic) bond motifs is 1. The summed E-state index contributed by atoms with van der Waals surface area (Å²) in [5.74, 6) is -1.14. The summed E-state index contributed by atoms with van der Waals surface area (Å²) in [4.78, 5) is 32.5. The van der Waals surface area contributed by atoms with E-state index in [1.807, 2.05) is 18.2 Å². The fraction of sp³-hybridized carbons (Fsp3) is 0.0800. The van der Waals surface area contributed by atoms with Crippen molar-refractivity contribution in [1.29, 1.82) is 0 Å². The second kappa shape index (κ2) is 8.87. The maximum Gasteiger partial charge on any atom is 0.301 e. The molecular formula is C25H16BrClN2O4S. The predicted molar refractivity (Wildman–Crippen MR) is 137 cm³/mol. The Bertz CT molecular complexity index is 1460. The van der Waals surface area contributed by atoms with E-state index in [-0.39, 0.29) is 11.3 Å². The zero-order valence-corrected chi connectivity index (χ0v) is 20.8. The van der Waals surface area contributed by atoms with Gasteiger partial charge in [0.25, 0.3) is 5.78 Å². The molecule has 6 nitrogen and oxygen atoms in total. The van der Waals surface area contributed by atoms with Gasteiger partial charge in [0, 0.05) is 15.1 Å². The van der Waals surface area contributed by atoms with Crippen LogP contribution in [0.15, 0.2) is 76.8 Å². The van der Waals surface area contributed by atoms with Crippen LogP contribution in [0.25, 0.3) is 16.0 Å². The number of carbonyl (C=O) groups is 2. The van der Waals surface area contributed by atoms with E-state index < -0.39 is 17.7 Å². The molecule has 9 heteroatoms. The molecule has 0 bridgehead atoms. The Balaban J connectivity index is 1.71. The Morgan fingerprint density at radius 1 is 1.09 bits per heavy atom. The molecule has 1 aromatic heterocycles. The third kappa shape index (κ3) is 3.87. The largest absolute Gasteiger partial charge is 0.507 e. The minimum absolute atomic E-state index is 0.00789. The number of hydrogen-bond acceptors (Lipinski definition) is 6. The van der Waals surface area contributed by atoms with Gasteiger partial charge in [0.2, 0.25) is 0 Å². The van der Waals surface area contributed by atoms with E-state index in [0.29, 0.717) is 32.5 Å². The molecule has 0 spiro atoms. The van der Waals surface area contributed by atoms with Gasteiger partial charge in [-0.15, -0.1) is 0 Å². The van der Waals surface area contributed by atoms with Gasteiger partial charge in [0.15, 0.2) is 5.13 Å². The molecular weight excluding hydrogens is 540 g/mol. The van der Waals surface area contributed by atoms with Gasteiger partial charge in [-0.1, -0.05) is 51.0 Å². The van der Waals surface area contributed by atoms with E-state index in [2.05, 4.69) is 20.9 Å². The van der Waals surface area contributed by atoms with Crippen LogP contribution in [0.2, 0.25) is 5.02 Å². The van der Waals surface area contributed by atoms with Crippen molar-refractivity contribution in [2.75, 3.05) is 12.0 Å². The van der Waals surface area contributed by atoms with Crippen LogP contribution in [0.4, 0.5) is 5.13 Å². The van der Waals surface area contributed by atoms with Crippen molar-refractivity contribution in [1.82, 2.24) is 4.98 Å². The lowest BCUT2D eigenvalue weighted by Crippen LogP contribution is -2.29. The molecule has 34 heavy (non-hydrogen) atoms. The number of aliphatic hydroxyl groups is 1. The molecule has 1 N–H and O–H groups in total.